The van der Waals surface area contributed by atoms with E-state index in [-0.39, 0.29) is 22.8 Å². The Bertz CT molecular complexity index is 2070. The minimum atomic E-state index is -5.51. The van der Waals surface area contributed by atoms with Gasteiger partial charge < -0.3 is 26.2 Å². The highest BCUT2D eigenvalue weighted by atomic mass is 19.4. The van der Waals surface area contributed by atoms with Crippen molar-refractivity contribution in [3.05, 3.63) is 101 Å². The number of nitrogens with two attached hydrogens (primary N) is 1. The molecule has 5 aromatic rings. The fourth-order valence-corrected chi connectivity index (χ4v) is 5.16. The molecule has 0 saturated heterocycles. The molecular formula is C32H24F5N7O4. The molecule has 0 radical (unpaired) electrons. The number of nitrogens with zero attached hydrogens (tertiary/aromatic N) is 4. The van der Waals surface area contributed by atoms with E-state index in [1.807, 2.05) is 0 Å². The van der Waals surface area contributed by atoms with Crippen molar-refractivity contribution in [2.45, 2.75) is 24.4 Å². The van der Waals surface area contributed by atoms with Crippen LogP contribution in [-0.2, 0) is 16.1 Å². The summed E-state index contributed by atoms with van der Waals surface area (Å²) in [6.07, 6.45) is -0.975. The molecule has 6 rings (SSSR count). The number of hydrogen-bond donors (Lipinski definition) is 4. The maximum Gasteiger partial charge on any atom is 0.424 e. The van der Waals surface area contributed by atoms with Crippen LogP contribution in [0.25, 0.3) is 22.2 Å². The maximum atomic E-state index is 15.8. The first kappa shape index (κ1) is 32.2. The maximum absolute atomic E-state index is 15.8. The Morgan fingerprint density at radius 1 is 1.06 bits per heavy atom. The Morgan fingerprint density at radius 3 is 2.44 bits per heavy atom. The van der Waals surface area contributed by atoms with Gasteiger partial charge >= 0.3 is 6.18 Å². The molecule has 2 aromatic carbocycles. The number of pyridine rings is 2. The molecule has 48 heavy (non-hydrogen) atoms. The second-order valence-corrected chi connectivity index (χ2v) is 11.0. The van der Waals surface area contributed by atoms with Gasteiger partial charge in [-0.05, 0) is 67.1 Å². The van der Waals surface area contributed by atoms with Gasteiger partial charge in [0.25, 0.3) is 17.5 Å². The van der Waals surface area contributed by atoms with Crippen molar-refractivity contribution in [2.75, 3.05) is 18.5 Å². The minimum absolute atomic E-state index is 0.0146. The number of halogens is 5. The van der Waals surface area contributed by atoms with Crippen molar-refractivity contribution in [3.8, 4) is 17.0 Å². The van der Waals surface area contributed by atoms with Crippen molar-refractivity contribution in [2.24, 2.45) is 5.73 Å². The van der Waals surface area contributed by atoms with Crippen LogP contribution in [-0.4, -0.2) is 56.2 Å². The van der Waals surface area contributed by atoms with Gasteiger partial charge in [-0.3, -0.25) is 14.6 Å². The molecule has 246 valence electrons. The highest BCUT2D eigenvalue weighted by Crippen LogP contribution is 2.48. The second-order valence-electron chi connectivity index (χ2n) is 11.0. The van der Waals surface area contributed by atoms with Crippen molar-refractivity contribution >= 4 is 34.4 Å². The molecule has 0 spiro atoms. The monoisotopic (exact) mass is 665 g/mol. The van der Waals surface area contributed by atoms with E-state index >= 15 is 4.39 Å². The van der Waals surface area contributed by atoms with E-state index in [1.54, 1.807) is 25.3 Å². The fraction of sp³-hybridized carbons (Fsp3) is 0.188. The third kappa shape index (κ3) is 5.70. The number of carbonyl (C=O) groups is 2. The lowest BCUT2D eigenvalue weighted by Gasteiger charge is -2.31. The van der Waals surface area contributed by atoms with Crippen LogP contribution in [0, 0.1) is 12.7 Å². The highest BCUT2D eigenvalue weighted by Gasteiger charge is 2.58. The van der Waals surface area contributed by atoms with Crippen LogP contribution in [0.1, 0.15) is 27.2 Å². The first-order valence-corrected chi connectivity index (χ1v) is 14.1. The van der Waals surface area contributed by atoms with E-state index in [1.165, 1.54) is 24.5 Å². The molecule has 5 N–H and O–H groups in total. The van der Waals surface area contributed by atoms with Gasteiger partial charge in [0.15, 0.2) is 5.75 Å². The molecule has 0 bridgehead atoms. The minimum Gasteiger partial charge on any atom is -0.487 e. The Hall–Kier alpha value is -5.77. The van der Waals surface area contributed by atoms with Gasteiger partial charge in [-0.1, -0.05) is 0 Å². The van der Waals surface area contributed by atoms with E-state index in [0.717, 1.165) is 29.8 Å². The topological polar surface area (TPSA) is 165 Å². The standard InChI is InChI=1S/C32H24F5N7O4/c1-16-9-18-10-19(11-22(24(18)41-13-16)43-29-39-7-2-8-40-29)27(45)42-14-31(47,32(35,36)37)23-12-21-26(48-15-30(21,34)28(38)46)25(44-23)17-3-5-20(33)6-4-17/h2-13,47H,14-15H2,1H3,(H2,38,46)(H,42,45)(H,39,40,43)/t30-,31+/m1/s1. The van der Waals surface area contributed by atoms with Crippen LogP contribution in [0.5, 0.6) is 5.75 Å². The third-order valence-corrected chi connectivity index (χ3v) is 7.72. The molecule has 0 unspecified atom stereocenters. The highest BCUT2D eigenvalue weighted by molar-refractivity contribution is 6.02. The van der Waals surface area contributed by atoms with Crippen LogP contribution in [0.3, 0.4) is 0 Å². The second kappa shape index (κ2) is 11.8. The number of ether oxygens (including phenoxy) is 1. The summed E-state index contributed by atoms with van der Waals surface area (Å²) in [5.41, 5.74) is -2.79. The smallest absolute Gasteiger partial charge is 0.424 e. The fourth-order valence-electron chi connectivity index (χ4n) is 5.16. The van der Waals surface area contributed by atoms with Gasteiger partial charge in [0, 0.05) is 40.7 Å². The first-order chi connectivity index (χ1) is 22.7. The van der Waals surface area contributed by atoms with Gasteiger partial charge in [0.05, 0.1) is 23.4 Å². The van der Waals surface area contributed by atoms with E-state index in [2.05, 4.69) is 30.6 Å². The number of hydrogen-bond acceptors (Lipinski definition) is 9. The van der Waals surface area contributed by atoms with Gasteiger partial charge in [-0.25, -0.2) is 23.7 Å². The lowest BCUT2D eigenvalue weighted by atomic mass is 9.90. The number of carbonyl (C=O) groups excluding carboxylic acids is 2. The number of aliphatic hydroxyl groups is 1. The van der Waals surface area contributed by atoms with Crippen molar-refractivity contribution in [1.29, 1.82) is 0 Å². The zero-order valence-corrected chi connectivity index (χ0v) is 24.8. The SMILES string of the molecule is Cc1cnc2c(Nc3ncccn3)cc(C(=O)NC[C@](O)(c3cc4c(c(-c5ccc(F)cc5)n3)OC[C@]4(F)C(N)=O)C(F)(F)F)cc2c1. The number of aromatic nitrogens is 4. The van der Waals surface area contributed by atoms with Crippen molar-refractivity contribution in [3.63, 3.8) is 0 Å². The number of amides is 2. The number of rotatable bonds is 8. The summed E-state index contributed by atoms with van der Waals surface area (Å²) in [6.45, 7) is -0.705. The molecule has 2 amide bonds. The summed E-state index contributed by atoms with van der Waals surface area (Å²) in [4.78, 5) is 42.0. The third-order valence-electron chi connectivity index (χ3n) is 7.72. The average Bonchev–Trinajstić information content (AvgIpc) is 3.40. The average molecular weight is 666 g/mol. The molecule has 11 nitrogen and oxygen atoms in total. The number of anilines is 2. The van der Waals surface area contributed by atoms with Crippen LogP contribution in [0.2, 0.25) is 0 Å². The molecule has 0 fully saturated rings. The summed E-state index contributed by atoms with van der Waals surface area (Å²) in [5, 5.41) is 16.7. The Labute approximate surface area is 268 Å². The molecule has 0 aliphatic carbocycles. The van der Waals surface area contributed by atoms with Crippen LogP contribution in [0.15, 0.2) is 73.2 Å². The summed E-state index contributed by atoms with van der Waals surface area (Å²) in [5.74, 6) is -3.53. The first-order valence-electron chi connectivity index (χ1n) is 14.1. The van der Waals surface area contributed by atoms with E-state index < -0.39 is 70.9 Å². The number of nitrogens with one attached hydrogen (secondary N) is 2. The molecule has 3 aromatic heterocycles. The molecule has 2 atom stereocenters. The molecule has 4 heterocycles. The Morgan fingerprint density at radius 2 is 1.77 bits per heavy atom. The van der Waals surface area contributed by atoms with Gasteiger partial charge in [-0.15, -0.1) is 0 Å². The number of benzene rings is 2. The predicted octanol–water partition coefficient (Wildman–Crippen LogP) is 4.50. The Kier molecular flexibility index (Phi) is 7.91. The van der Waals surface area contributed by atoms with Crippen molar-refractivity contribution < 1.29 is 41.4 Å². The molecule has 1 aliphatic heterocycles. The van der Waals surface area contributed by atoms with Crippen LogP contribution >= 0.6 is 0 Å². The predicted molar refractivity (Wildman–Crippen MR) is 161 cm³/mol. The normalized spacial score (nSPS) is 16.9. The van der Waals surface area contributed by atoms with Gasteiger partial charge in [-0.2, -0.15) is 13.2 Å². The quantitative estimate of drug-likeness (QED) is 0.175. The molecule has 0 saturated carbocycles. The van der Waals surface area contributed by atoms with Crippen molar-refractivity contribution in [1.82, 2.24) is 25.3 Å². The number of fused-ring (bicyclic) bond motifs is 2. The largest absolute Gasteiger partial charge is 0.487 e. The Balaban J connectivity index is 1.41. The zero-order valence-electron chi connectivity index (χ0n) is 24.8. The molecule has 16 heteroatoms. The van der Waals surface area contributed by atoms with Crippen LogP contribution in [0.4, 0.5) is 33.6 Å². The van der Waals surface area contributed by atoms with E-state index in [4.69, 9.17) is 10.5 Å². The summed E-state index contributed by atoms with van der Waals surface area (Å²) < 4.78 is 79.0. The summed E-state index contributed by atoms with van der Waals surface area (Å²) in [7, 11) is 0. The summed E-state index contributed by atoms with van der Waals surface area (Å²) >= 11 is 0. The molecule has 1 aliphatic rings. The zero-order chi connectivity index (χ0) is 34.4. The van der Waals surface area contributed by atoms with Gasteiger partial charge in [0.1, 0.15) is 18.1 Å². The lowest BCUT2D eigenvalue weighted by Crippen LogP contribution is -2.51. The lowest BCUT2D eigenvalue weighted by molar-refractivity contribution is -0.265. The summed E-state index contributed by atoms with van der Waals surface area (Å²) in [6, 6.07) is 10.8. The molecular weight excluding hydrogens is 641 g/mol. The number of alkyl halides is 4. The number of primary amides is 1. The number of aryl methyl sites for hydroxylation is 1. The van der Waals surface area contributed by atoms with E-state index in [0.29, 0.717) is 17.0 Å². The van der Waals surface area contributed by atoms with Gasteiger partial charge in [0.2, 0.25) is 11.5 Å². The van der Waals surface area contributed by atoms with Crippen LogP contribution < -0.4 is 21.1 Å². The van der Waals surface area contributed by atoms with E-state index in [9.17, 15) is 32.3 Å².